The molecule has 0 saturated heterocycles. The lowest BCUT2D eigenvalue weighted by Gasteiger charge is -2.29. The minimum absolute atomic E-state index is 0.0481. The molecule has 0 fully saturated rings. The van der Waals surface area contributed by atoms with Crippen molar-refractivity contribution in [2.45, 2.75) is 0 Å². The van der Waals surface area contributed by atoms with Gasteiger partial charge in [-0.25, -0.2) is 0 Å². The van der Waals surface area contributed by atoms with Gasteiger partial charge in [0.25, 0.3) is 0 Å². The van der Waals surface area contributed by atoms with Crippen LogP contribution in [0.3, 0.4) is 0 Å². The van der Waals surface area contributed by atoms with Crippen molar-refractivity contribution < 1.29 is 13.7 Å². The van der Waals surface area contributed by atoms with E-state index in [1.807, 2.05) is 129 Å². The number of nitriles is 2. The van der Waals surface area contributed by atoms with Crippen LogP contribution in [0.5, 0.6) is 0 Å². The Morgan fingerprint density at radius 1 is 0.410 bits per heavy atom. The summed E-state index contributed by atoms with van der Waals surface area (Å²) in [5, 5.41) is 26.3. The molecule has 9 aromatic carbocycles. The van der Waals surface area contributed by atoms with Crippen LogP contribution < -0.4 is 4.90 Å². The molecule has 0 unspecified atom stereocenters. The molecular weight excluding hydrogens is 743 g/mol. The molecule has 5 heteroatoms. The molecule has 0 amide bonds. The first kappa shape index (κ1) is 26.4. The number of para-hydroxylation sites is 4. The Morgan fingerprint density at radius 3 is 1.33 bits per heavy atom. The van der Waals surface area contributed by atoms with Gasteiger partial charge in [-0.2, -0.15) is 10.5 Å². The molecule has 284 valence electrons. The Bertz CT molecular complexity index is 3880. The number of aromatic nitrogens is 2. The predicted octanol–water partition coefficient (Wildman–Crippen LogP) is 14.4. The summed E-state index contributed by atoms with van der Waals surface area (Å²) in [6, 6.07) is 47.2. The summed E-state index contributed by atoms with van der Waals surface area (Å²) in [4.78, 5) is 1.97. The van der Waals surface area contributed by atoms with E-state index in [1.54, 1.807) is 36.4 Å². The second kappa shape index (κ2) is 14.6. The van der Waals surface area contributed by atoms with Gasteiger partial charge >= 0.3 is 0 Å². The number of rotatable bonds is 7. The molecular formula is C56H35N5. The molecule has 0 N–H and O–H groups in total. The largest absolute Gasteiger partial charge is 0.309 e. The van der Waals surface area contributed by atoms with E-state index < -0.39 is 60.4 Å². The number of hydrogen-bond donors (Lipinski definition) is 0. The van der Waals surface area contributed by atoms with Gasteiger partial charge in [0.1, 0.15) is 23.3 Å². The molecule has 0 saturated carbocycles. The average Bonchev–Trinajstić information content (AvgIpc) is 3.91. The third-order valence-corrected chi connectivity index (χ3v) is 11.1. The van der Waals surface area contributed by atoms with E-state index in [0.717, 1.165) is 33.2 Å². The quantitative estimate of drug-likeness (QED) is 0.162. The normalized spacial score (nSPS) is 13.5. The Morgan fingerprint density at radius 2 is 0.852 bits per heavy atom. The molecule has 0 radical (unpaired) electrons. The van der Waals surface area contributed by atoms with E-state index >= 15 is 0 Å². The van der Waals surface area contributed by atoms with Gasteiger partial charge in [0.2, 0.25) is 0 Å². The van der Waals surface area contributed by atoms with Crippen LogP contribution in [0.2, 0.25) is 0 Å². The maximum Gasteiger partial charge on any atom is 0.104 e. The summed E-state index contributed by atoms with van der Waals surface area (Å²) in [5.74, 6) is 0. The highest BCUT2D eigenvalue weighted by molar-refractivity contribution is 6.13. The van der Waals surface area contributed by atoms with Gasteiger partial charge in [-0.05, 0) is 89.0 Å². The maximum absolute atomic E-state index is 11.7. The van der Waals surface area contributed by atoms with Crippen molar-refractivity contribution in [2.75, 3.05) is 4.90 Å². The van der Waals surface area contributed by atoms with E-state index in [9.17, 15) is 10.5 Å². The molecule has 0 aliphatic rings. The molecule has 0 atom stereocenters. The number of benzene rings is 9. The summed E-state index contributed by atoms with van der Waals surface area (Å²) in [6.07, 6.45) is 0. The molecule has 5 nitrogen and oxygen atoms in total. The van der Waals surface area contributed by atoms with Crippen molar-refractivity contribution in [3.63, 3.8) is 0 Å². The van der Waals surface area contributed by atoms with Crippen molar-refractivity contribution >= 4 is 60.7 Å². The van der Waals surface area contributed by atoms with Crippen molar-refractivity contribution in [1.29, 1.82) is 10.5 Å². The molecule has 11 rings (SSSR count). The molecule has 0 bridgehead atoms. The second-order valence-corrected chi connectivity index (χ2v) is 14.4. The van der Waals surface area contributed by atoms with Crippen LogP contribution >= 0.6 is 0 Å². The first-order chi connectivity index (χ1) is 34.4. The minimum atomic E-state index is -0.545. The highest BCUT2D eigenvalue weighted by Crippen LogP contribution is 2.46. The van der Waals surface area contributed by atoms with Crippen LogP contribution in [0.15, 0.2) is 212 Å². The fourth-order valence-corrected chi connectivity index (χ4v) is 8.57. The van der Waals surface area contributed by atoms with E-state index in [2.05, 4.69) is 12.1 Å². The topological polar surface area (TPSA) is 60.7 Å². The molecule has 11 aromatic rings. The van der Waals surface area contributed by atoms with Crippen molar-refractivity contribution in [2.24, 2.45) is 0 Å². The van der Waals surface area contributed by atoms with Gasteiger partial charge in [0.05, 0.1) is 52.8 Å². The lowest BCUT2D eigenvalue weighted by Crippen LogP contribution is -2.16. The lowest BCUT2D eigenvalue weighted by atomic mass is 10.00. The molecule has 0 aliphatic heterocycles. The molecule has 2 aromatic heterocycles. The van der Waals surface area contributed by atoms with E-state index in [0.29, 0.717) is 33.2 Å². The fourth-order valence-electron chi connectivity index (χ4n) is 8.57. The van der Waals surface area contributed by atoms with Crippen LogP contribution in [-0.4, -0.2) is 9.13 Å². The monoisotopic (exact) mass is 787 g/mol. The Labute approximate surface area is 367 Å². The van der Waals surface area contributed by atoms with Crippen LogP contribution in [0.1, 0.15) is 24.8 Å². The van der Waals surface area contributed by atoms with Gasteiger partial charge in [0.15, 0.2) is 0 Å². The maximum atomic E-state index is 11.7. The summed E-state index contributed by atoms with van der Waals surface area (Å²) in [6.45, 7) is 0. The summed E-state index contributed by atoms with van der Waals surface area (Å²) in [7, 11) is 0. The van der Waals surface area contributed by atoms with E-state index in [1.165, 1.54) is 0 Å². The minimum Gasteiger partial charge on any atom is -0.309 e. The zero-order chi connectivity index (χ0) is 49.6. The molecule has 2 heterocycles. The smallest absolute Gasteiger partial charge is 0.104 e. The summed E-state index contributed by atoms with van der Waals surface area (Å²) in [5.41, 5.74) is 5.85. The SMILES string of the molecule is [2H]c1c([2H])c([2H])c(-c2ccc3c(c2)c2cc(-c4c([2H])c([2H])c([2H])c([2H])c4[2H])ccc2n3-c2c(C#N)c(N(c3ccccc3)c3ccccc3)cc(-n3c4ccccc4c4ccccc43)c2C#N)c([2H])c1[2H]. The molecule has 0 aliphatic carbocycles. The fraction of sp³-hybridized carbons (Fsp3) is 0. The Kier molecular flexibility index (Phi) is 6.33. The van der Waals surface area contributed by atoms with Crippen molar-refractivity contribution in [3.05, 3.63) is 223 Å². The van der Waals surface area contributed by atoms with E-state index in [4.69, 9.17) is 13.7 Å². The predicted molar refractivity (Wildman–Crippen MR) is 250 cm³/mol. The van der Waals surface area contributed by atoms with Crippen molar-refractivity contribution in [3.8, 4) is 45.8 Å². The first-order valence-corrected chi connectivity index (χ1v) is 19.5. The Balaban J connectivity index is 1.34. The zero-order valence-electron chi connectivity index (χ0n) is 42.2. The van der Waals surface area contributed by atoms with Crippen LogP contribution in [-0.2, 0) is 0 Å². The number of fused-ring (bicyclic) bond motifs is 6. The number of nitrogens with zero attached hydrogens (tertiary/aromatic N) is 5. The molecule has 61 heavy (non-hydrogen) atoms. The summed E-state index contributed by atoms with van der Waals surface area (Å²) < 4.78 is 90.0. The highest BCUT2D eigenvalue weighted by atomic mass is 15.2. The highest BCUT2D eigenvalue weighted by Gasteiger charge is 2.29. The van der Waals surface area contributed by atoms with Gasteiger partial charge < -0.3 is 14.0 Å². The van der Waals surface area contributed by atoms with E-state index in [-0.39, 0.29) is 39.1 Å². The third kappa shape index (κ3) is 5.76. The van der Waals surface area contributed by atoms with Gasteiger partial charge in [-0.3, -0.25) is 0 Å². The van der Waals surface area contributed by atoms with Crippen LogP contribution in [0.4, 0.5) is 17.1 Å². The van der Waals surface area contributed by atoms with Gasteiger partial charge in [-0.1, -0.05) is 145 Å². The average molecular weight is 788 g/mol. The number of hydrogen-bond acceptors (Lipinski definition) is 3. The van der Waals surface area contributed by atoms with Gasteiger partial charge in [0, 0.05) is 32.9 Å². The standard InChI is InChI=1S/C56H35N5/c57-36-48-54(59(42-21-9-3-10-22-42)43-23-11-4-12-24-43)35-55(60-50-27-15-13-25-44(50)45-26-14-16-28-51(45)60)49(37-58)56(48)61-52-31-29-40(38-17-5-1-6-18-38)33-46(52)47-34-41(30-32-53(47)61)39-19-7-2-8-20-39/h1-35H/i1D,2D,5D,6D,7D,8D,17D,18D,19D,20D. The summed E-state index contributed by atoms with van der Waals surface area (Å²) >= 11 is 0. The molecule has 0 spiro atoms. The van der Waals surface area contributed by atoms with Gasteiger partial charge in [-0.15, -0.1) is 0 Å². The second-order valence-electron chi connectivity index (χ2n) is 14.4. The third-order valence-electron chi connectivity index (χ3n) is 11.1. The van der Waals surface area contributed by atoms with Crippen LogP contribution in [0, 0.1) is 22.7 Å². The number of anilines is 3. The Hall–Kier alpha value is -8.64. The van der Waals surface area contributed by atoms with Crippen molar-refractivity contribution in [1.82, 2.24) is 9.13 Å². The zero-order valence-corrected chi connectivity index (χ0v) is 32.2. The first-order valence-electron chi connectivity index (χ1n) is 24.5. The van der Waals surface area contributed by atoms with Crippen LogP contribution in [0.25, 0.3) is 77.2 Å². The lowest BCUT2D eigenvalue weighted by molar-refractivity contribution is 1.10.